The number of ether oxygens (including phenoxy) is 1. The third-order valence-electron chi connectivity index (χ3n) is 3.99. The summed E-state index contributed by atoms with van der Waals surface area (Å²) in [5.41, 5.74) is 2.78. The van der Waals surface area contributed by atoms with Crippen molar-refractivity contribution in [2.24, 2.45) is 0 Å². The van der Waals surface area contributed by atoms with Crippen LogP contribution in [0.25, 0.3) is 0 Å². The van der Waals surface area contributed by atoms with Crippen molar-refractivity contribution in [1.29, 1.82) is 0 Å². The van der Waals surface area contributed by atoms with Crippen molar-refractivity contribution in [2.75, 3.05) is 44.4 Å². The summed E-state index contributed by atoms with van der Waals surface area (Å²) >= 11 is 11.2. The van der Waals surface area contributed by atoms with Crippen molar-refractivity contribution in [3.05, 3.63) is 39.9 Å². The second-order valence-electron chi connectivity index (χ2n) is 5.86. The highest BCUT2D eigenvalue weighted by molar-refractivity contribution is 6.31. The standard InChI is InChI=1S/C11H15NO.C7H10Cl2N4O2/c1-2-13-11-5-3-4-9-6-7-12-8-10(9)11;8-5-10-6(9)12-7(11-5)13(1-3-14)2-4-15/h3-5,12H,2,6-8H2,1H3;14-15H,1-4H2. The van der Waals surface area contributed by atoms with Crippen LogP contribution in [-0.4, -0.2) is 64.6 Å². The van der Waals surface area contributed by atoms with Gasteiger partial charge in [-0.25, -0.2) is 0 Å². The van der Waals surface area contributed by atoms with Crippen LogP contribution in [0.4, 0.5) is 5.95 Å². The van der Waals surface area contributed by atoms with Crippen molar-refractivity contribution < 1.29 is 14.9 Å². The fourth-order valence-electron chi connectivity index (χ4n) is 2.78. The van der Waals surface area contributed by atoms with E-state index in [0.717, 1.165) is 31.9 Å². The van der Waals surface area contributed by atoms with Crippen LogP contribution in [-0.2, 0) is 13.0 Å². The SMILES string of the molecule is CCOc1cccc2c1CNCC2.OCCN(CCO)c1nc(Cl)nc(Cl)n1. The molecule has 1 aliphatic heterocycles. The van der Waals surface area contributed by atoms with Crippen LogP contribution in [0.15, 0.2) is 18.2 Å². The average molecular weight is 430 g/mol. The Morgan fingerprint density at radius 1 is 1.11 bits per heavy atom. The number of hydrogen-bond acceptors (Lipinski definition) is 8. The second kappa shape index (κ2) is 12.0. The lowest BCUT2D eigenvalue weighted by Gasteiger charge is -2.20. The first-order chi connectivity index (χ1) is 13.6. The first-order valence-corrected chi connectivity index (χ1v) is 9.82. The molecule has 0 spiro atoms. The van der Waals surface area contributed by atoms with Crippen LogP contribution >= 0.6 is 23.2 Å². The Kier molecular flexibility index (Phi) is 9.66. The van der Waals surface area contributed by atoms with E-state index < -0.39 is 0 Å². The van der Waals surface area contributed by atoms with E-state index >= 15 is 0 Å². The quantitative estimate of drug-likeness (QED) is 0.610. The predicted octanol–water partition coefficient (Wildman–Crippen LogP) is 1.70. The molecule has 0 atom stereocenters. The van der Waals surface area contributed by atoms with Crippen LogP contribution in [0.3, 0.4) is 0 Å². The van der Waals surface area contributed by atoms with E-state index in [1.54, 1.807) is 4.90 Å². The van der Waals surface area contributed by atoms with Gasteiger partial charge in [0.1, 0.15) is 5.75 Å². The van der Waals surface area contributed by atoms with Gasteiger partial charge in [0, 0.05) is 25.2 Å². The Balaban J connectivity index is 0.000000202. The summed E-state index contributed by atoms with van der Waals surface area (Å²) in [6.07, 6.45) is 1.12. The lowest BCUT2D eigenvalue weighted by Crippen LogP contribution is -2.31. The number of nitrogens with one attached hydrogen (secondary N) is 1. The van der Waals surface area contributed by atoms with Gasteiger partial charge < -0.3 is 25.2 Å². The van der Waals surface area contributed by atoms with Crippen molar-refractivity contribution >= 4 is 29.2 Å². The zero-order valence-corrected chi connectivity index (χ0v) is 17.2. The topological polar surface area (TPSA) is 104 Å². The summed E-state index contributed by atoms with van der Waals surface area (Å²) in [7, 11) is 0. The van der Waals surface area contributed by atoms with Gasteiger partial charge in [0.2, 0.25) is 16.5 Å². The Morgan fingerprint density at radius 3 is 2.39 bits per heavy atom. The third-order valence-corrected chi connectivity index (χ3v) is 4.33. The van der Waals surface area contributed by atoms with E-state index in [9.17, 15) is 0 Å². The molecule has 3 N–H and O–H groups in total. The van der Waals surface area contributed by atoms with Crippen LogP contribution in [0.5, 0.6) is 5.75 Å². The lowest BCUT2D eigenvalue weighted by atomic mass is 10.0. The van der Waals surface area contributed by atoms with Gasteiger partial charge in [-0.1, -0.05) is 12.1 Å². The fraction of sp³-hybridized carbons (Fsp3) is 0.500. The molecule has 2 heterocycles. The van der Waals surface area contributed by atoms with Crippen molar-refractivity contribution in [3.8, 4) is 5.75 Å². The smallest absolute Gasteiger partial charge is 0.231 e. The molecular weight excluding hydrogens is 405 g/mol. The molecule has 0 radical (unpaired) electrons. The maximum Gasteiger partial charge on any atom is 0.231 e. The molecule has 0 amide bonds. The van der Waals surface area contributed by atoms with E-state index in [2.05, 4.69) is 38.5 Å². The molecule has 1 aromatic carbocycles. The number of halogens is 2. The molecule has 2 aromatic rings. The Hall–Kier alpha value is -1.71. The minimum atomic E-state index is -0.0824. The number of benzene rings is 1. The predicted molar refractivity (Wildman–Crippen MR) is 109 cm³/mol. The number of anilines is 1. The molecule has 3 rings (SSSR count). The molecule has 8 nitrogen and oxygen atoms in total. The van der Waals surface area contributed by atoms with Gasteiger partial charge in [-0.05, 0) is 54.7 Å². The summed E-state index contributed by atoms with van der Waals surface area (Å²) in [6, 6.07) is 6.32. The Bertz CT molecular complexity index is 725. The van der Waals surface area contributed by atoms with Crippen LogP contribution in [0.1, 0.15) is 18.1 Å². The van der Waals surface area contributed by atoms with Crippen molar-refractivity contribution in [1.82, 2.24) is 20.3 Å². The van der Waals surface area contributed by atoms with Crippen LogP contribution in [0.2, 0.25) is 10.6 Å². The van der Waals surface area contributed by atoms with E-state index in [1.165, 1.54) is 11.1 Å². The van der Waals surface area contributed by atoms with Gasteiger partial charge in [0.05, 0.1) is 19.8 Å². The summed E-state index contributed by atoms with van der Waals surface area (Å²) < 4.78 is 5.56. The summed E-state index contributed by atoms with van der Waals surface area (Å²) in [6.45, 7) is 5.22. The third kappa shape index (κ3) is 6.72. The number of fused-ring (bicyclic) bond motifs is 1. The molecule has 0 saturated carbocycles. The highest BCUT2D eigenvalue weighted by Gasteiger charge is 2.12. The Labute approximate surface area is 174 Å². The average Bonchev–Trinajstić information content (AvgIpc) is 2.68. The summed E-state index contributed by atoms with van der Waals surface area (Å²) in [5.74, 6) is 1.29. The van der Waals surface area contributed by atoms with Gasteiger partial charge in [0.15, 0.2) is 0 Å². The van der Waals surface area contributed by atoms with Gasteiger partial charge >= 0.3 is 0 Å². The van der Waals surface area contributed by atoms with E-state index in [0.29, 0.717) is 0 Å². The highest BCUT2D eigenvalue weighted by Crippen LogP contribution is 2.24. The molecule has 28 heavy (non-hydrogen) atoms. The van der Waals surface area contributed by atoms with E-state index in [1.807, 2.05) is 6.92 Å². The first-order valence-electron chi connectivity index (χ1n) is 9.07. The number of rotatable bonds is 7. The molecule has 1 aliphatic rings. The summed E-state index contributed by atoms with van der Waals surface area (Å²) in [5, 5.41) is 20.9. The zero-order chi connectivity index (χ0) is 20.4. The number of nitrogens with zero attached hydrogens (tertiary/aromatic N) is 4. The number of aliphatic hydroxyl groups excluding tert-OH is 2. The van der Waals surface area contributed by atoms with E-state index in [-0.39, 0.29) is 42.8 Å². The molecular formula is C18H25Cl2N5O3. The van der Waals surface area contributed by atoms with E-state index in [4.69, 9.17) is 38.2 Å². The zero-order valence-electron chi connectivity index (χ0n) is 15.7. The lowest BCUT2D eigenvalue weighted by molar-refractivity contribution is 0.280. The molecule has 10 heteroatoms. The molecule has 0 fully saturated rings. The summed E-state index contributed by atoms with van der Waals surface area (Å²) in [4.78, 5) is 12.8. The molecule has 0 bridgehead atoms. The molecule has 0 saturated heterocycles. The maximum atomic E-state index is 8.80. The monoisotopic (exact) mass is 429 g/mol. The number of hydrogen-bond donors (Lipinski definition) is 3. The minimum Gasteiger partial charge on any atom is -0.494 e. The largest absolute Gasteiger partial charge is 0.494 e. The highest BCUT2D eigenvalue weighted by atomic mass is 35.5. The van der Waals surface area contributed by atoms with Crippen LogP contribution < -0.4 is 15.0 Å². The normalized spacial score (nSPS) is 12.6. The van der Waals surface area contributed by atoms with Gasteiger partial charge in [-0.3, -0.25) is 0 Å². The van der Waals surface area contributed by atoms with Crippen LogP contribution in [0, 0.1) is 0 Å². The van der Waals surface area contributed by atoms with Gasteiger partial charge in [-0.15, -0.1) is 0 Å². The molecule has 154 valence electrons. The molecule has 0 aliphatic carbocycles. The number of aromatic nitrogens is 3. The maximum absolute atomic E-state index is 8.80. The van der Waals surface area contributed by atoms with Crippen molar-refractivity contribution in [2.45, 2.75) is 19.9 Å². The number of aliphatic hydroxyl groups is 2. The molecule has 1 aromatic heterocycles. The van der Waals surface area contributed by atoms with Gasteiger partial charge in [0.25, 0.3) is 0 Å². The van der Waals surface area contributed by atoms with Gasteiger partial charge in [-0.2, -0.15) is 15.0 Å². The fourth-order valence-corrected chi connectivity index (χ4v) is 3.14. The minimum absolute atomic E-state index is 0.0223. The first kappa shape index (κ1) is 22.6. The Morgan fingerprint density at radius 2 is 1.79 bits per heavy atom. The molecule has 0 unspecified atom stereocenters. The second-order valence-corrected chi connectivity index (χ2v) is 6.54. The van der Waals surface area contributed by atoms with Crippen molar-refractivity contribution in [3.63, 3.8) is 0 Å².